The van der Waals surface area contributed by atoms with Gasteiger partial charge in [0.05, 0.1) is 12.2 Å². The van der Waals surface area contributed by atoms with Gasteiger partial charge in [0.15, 0.2) is 0 Å². The molecule has 0 amide bonds. The van der Waals surface area contributed by atoms with Crippen LogP contribution in [0.15, 0.2) is 18.2 Å². The molecule has 3 N–H and O–H groups in total. The summed E-state index contributed by atoms with van der Waals surface area (Å²) in [6.45, 7) is 4.64. The molecule has 1 aromatic rings. The first-order valence-electron chi connectivity index (χ1n) is 5.06. The molecule has 0 aliphatic carbocycles. The van der Waals surface area contributed by atoms with E-state index in [2.05, 4.69) is 0 Å². The van der Waals surface area contributed by atoms with Crippen LogP contribution in [0.2, 0.25) is 0 Å². The third-order valence-corrected chi connectivity index (χ3v) is 1.98. The van der Waals surface area contributed by atoms with Gasteiger partial charge in [0.1, 0.15) is 17.7 Å². The van der Waals surface area contributed by atoms with Gasteiger partial charge < -0.3 is 10.5 Å². The standard InChI is InChI=1S/C12H15N3O.ClH/c1-8(2)7-16-11-4-3-9(12(14)15)5-10(11)6-13;/h3-5,8H,7H2,1-2H3,(H3,14,15);1H. The van der Waals surface area contributed by atoms with E-state index >= 15 is 0 Å². The Morgan fingerprint density at radius 1 is 1.53 bits per heavy atom. The van der Waals surface area contributed by atoms with Gasteiger partial charge in [-0.1, -0.05) is 13.8 Å². The second-order valence-electron chi connectivity index (χ2n) is 3.94. The molecule has 0 saturated heterocycles. The zero-order valence-corrected chi connectivity index (χ0v) is 10.7. The number of hydrogen-bond acceptors (Lipinski definition) is 3. The van der Waals surface area contributed by atoms with E-state index in [0.29, 0.717) is 29.4 Å². The second-order valence-corrected chi connectivity index (χ2v) is 3.94. The molecule has 0 aliphatic heterocycles. The van der Waals surface area contributed by atoms with Crippen molar-refractivity contribution in [2.45, 2.75) is 13.8 Å². The number of nitrogens with one attached hydrogen (secondary N) is 1. The van der Waals surface area contributed by atoms with E-state index in [-0.39, 0.29) is 18.2 Å². The summed E-state index contributed by atoms with van der Waals surface area (Å²) in [5, 5.41) is 16.2. The summed E-state index contributed by atoms with van der Waals surface area (Å²) in [5.74, 6) is 0.895. The van der Waals surface area contributed by atoms with Crippen molar-refractivity contribution < 1.29 is 4.74 Å². The Bertz CT molecular complexity index is 438. The number of nitriles is 1. The largest absolute Gasteiger partial charge is 0.492 e. The number of nitrogens with zero attached hydrogens (tertiary/aromatic N) is 1. The summed E-state index contributed by atoms with van der Waals surface area (Å²) in [6, 6.07) is 6.96. The maximum atomic E-state index is 8.95. The molecule has 0 atom stereocenters. The van der Waals surface area contributed by atoms with Gasteiger partial charge in [0.2, 0.25) is 0 Å². The quantitative estimate of drug-likeness (QED) is 0.638. The van der Waals surface area contributed by atoms with Crippen LogP contribution >= 0.6 is 12.4 Å². The molecule has 0 aliphatic rings. The van der Waals surface area contributed by atoms with Crippen LogP contribution in [-0.2, 0) is 0 Å². The van der Waals surface area contributed by atoms with Crippen molar-refractivity contribution in [1.29, 1.82) is 10.7 Å². The van der Waals surface area contributed by atoms with Gasteiger partial charge in [-0.3, -0.25) is 5.41 Å². The van der Waals surface area contributed by atoms with Crippen LogP contribution in [0.3, 0.4) is 0 Å². The molecule has 0 saturated carbocycles. The van der Waals surface area contributed by atoms with Gasteiger partial charge in [-0.15, -0.1) is 12.4 Å². The van der Waals surface area contributed by atoms with E-state index in [9.17, 15) is 0 Å². The van der Waals surface area contributed by atoms with Crippen LogP contribution in [0, 0.1) is 22.7 Å². The molecule has 0 bridgehead atoms. The minimum absolute atomic E-state index is 0. The average Bonchev–Trinajstić information content (AvgIpc) is 2.25. The van der Waals surface area contributed by atoms with Crippen molar-refractivity contribution in [3.05, 3.63) is 29.3 Å². The first kappa shape index (κ1) is 15.3. The van der Waals surface area contributed by atoms with Crippen molar-refractivity contribution in [2.75, 3.05) is 6.61 Å². The number of nitrogen functional groups attached to an aromatic ring is 1. The molecule has 0 spiro atoms. The Hall–Kier alpha value is -1.73. The number of benzene rings is 1. The monoisotopic (exact) mass is 253 g/mol. The summed E-state index contributed by atoms with van der Waals surface area (Å²) in [5.41, 5.74) is 6.29. The highest BCUT2D eigenvalue weighted by Crippen LogP contribution is 2.19. The molecule has 1 rings (SSSR count). The van der Waals surface area contributed by atoms with E-state index in [4.69, 9.17) is 21.1 Å². The third-order valence-electron chi connectivity index (χ3n) is 1.98. The molecule has 92 valence electrons. The fourth-order valence-corrected chi connectivity index (χ4v) is 1.17. The van der Waals surface area contributed by atoms with Gasteiger partial charge in [0.25, 0.3) is 0 Å². The highest BCUT2D eigenvalue weighted by atomic mass is 35.5. The number of rotatable bonds is 4. The lowest BCUT2D eigenvalue weighted by Gasteiger charge is -2.10. The van der Waals surface area contributed by atoms with Crippen molar-refractivity contribution in [3.63, 3.8) is 0 Å². The Kier molecular flexibility index (Phi) is 6.08. The first-order valence-corrected chi connectivity index (χ1v) is 5.06. The minimum atomic E-state index is -0.0492. The van der Waals surface area contributed by atoms with Crippen LogP contribution in [0.1, 0.15) is 25.0 Å². The molecule has 17 heavy (non-hydrogen) atoms. The molecule has 0 fully saturated rings. The summed E-state index contributed by atoms with van der Waals surface area (Å²) in [7, 11) is 0. The highest BCUT2D eigenvalue weighted by molar-refractivity contribution is 5.95. The SMILES string of the molecule is CC(C)COc1ccc(C(=N)N)cc1C#N.Cl. The van der Waals surface area contributed by atoms with E-state index in [1.54, 1.807) is 18.2 Å². The highest BCUT2D eigenvalue weighted by Gasteiger charge is 2.07. The van der Waals surface area contributed by atoms with Gasteiger partial charge >= 0.3 is 0 Å². The fourth-order valence-electron chi connectivity index (χ4n) is 1.17. The van der Waals surface area contributed by atoms with E-state index in [1.807, 2.05) is 19.9 Å². The second kappa shape index (κ2) is 6.77. The number of ether oxygens (including phenoxy) is 1. The molecular formula is C12H16ClN3O. The average molecular weight is 254 g/mol. The molecule has 0 heterocycles. The Morgan fingerprint density at radius 2 is 2.18 bits per heavy atom. The maximum Gasteiger partial charge on any atom is 0.137 e. The van der Waals surface area contributed by atoms with E-state index in [0.717, 1.165) is 0 Å². The fraction of sp³-hybridized carbons (Fsp3) is 0.333. The number of nitrogens with two attached hydrogens (primary N) is 1. The van der Waals surface area contributed by atoms with Crippen molar-refractivity contribution in [3.8, 4) is 11.8 Å². The van der Waals surface area contributed by atoms with Gasteiger partial charge in [-0.05, 0) is 24.1 Å². The summed E-state index contributed by atoms with van der Waals surface area (Å²) in [4.78, 5) is 0. The van der Waals surface area contributed by atoms with Crippen LogP contribution < -0.4 is 10.5 Å². The Morgan fingerprint density at radius 3 is 2.65 bits per heavy atom. The normalized spacial score (nSPS) is 9.29. The Balaban J connectivity index is 0.00000256. The minimum Gasteiger partial charge on any atom is -0.492 e. The van der Waals surface area contributed by atoms with Crippen molar-refractivity contribution in [2.24, 2.45) is 11.7 Å². The Labute approximate surface area is 107 Å². The molecule has 4 nitrogen and oxygen atoms in total. The molecular weight excluding hydrogens is 238 g/mol. The molecule has 1 aromatic carbocycles. The van der Waals surface area contributed by atoms with Gasteiger partial charge in [0, 0.05) is 5.56 Å². The summed E-state index contributed by atoms with van der Waals surface area (Å²) < 4.78 is 5.49. The van der Waals surface area contributed by atoms with Crippen LogP contribution in [0.5, 0.6) is 5.75 Å². The van der Waals surface area contributed by atoms with Crippen molar-refractivity contribution in [1.82, 2.24) is 0 Å². The van der Waals surface area contributed by atoms with Crippen LogP contribution in [-0.4, -0.2) is 12.4 Å². The number of hydrogen-bond donors (Lipinski definition) is 2. The first-order chi connectivity index (χ1) is 7.54. The molecule has 5 heteroatoms. The molecule has 0 unspecified atom stereocenters. The zero-order chi connectivity index (χ0) is 12.1. The third kappa shape index (κ3) is 4.33. The lowest BCUT2D eigenvalue weighted by molar-refractivity contribution is 0.270. The topological polar surface area (TPSA) is 82.9 Å². The smallest absolute Gasteiger partial charge is 0.137 e. The predicted octanol–water partition coefficient (Wildman–Crippen LogP) is 2.30. The van der Waals surface area contributed by atoms with Crippen LogP contribution in [0.4, 0.5) is 0 Å². The number of halogens is 1. The lowest BCUT2D eigenvalue weighted by atomic mass is 10.1. The molecule has 0 radical (unpaired) electrons. The number of amidine groups is 1. The van der Waals surface area contributed by atoms with Crippen molar-refractivity contribution >= 4 is 18.2 Å². The van der Waals surface area contributed by atoms with Gasteiger partial charge in [-0.2, -0.15) is 5.26 Å². The summed E-state index contributed by atoms with van der Waals surface area (Å²) >= 11 is 0. The van der Waals surface area contributed by atoms with Gasteiger partial charge in [-0.25, -0.2) is 0 Å². The summed E-state index contributed by atoms with van der Waals surface area (Å²) in [6.07, 6.45) is 0. The lowest BCUT2D eigenvalue weighted by Crippen LogP contribution is -2.12. The zero-order valence-electron chi connectivity index (χ0n) is 9.86. The predicted molar refractivity (Wildman–Crippen MR) is 69.8 cm³/mol. The maximum absolute atomic E-state index is 8.95. The van der Waals surface area contributed by atoms with E-state index < -0.39 is 0 Å². The van der Waals surface area contributed by atoms with E-state index in [1.165, 1.54) is 0 Å². The van der Waals surface area contributed by atoms with Crippen LogP contribution in [0.25, 0.3) is 0 Å². The molecule has 0 aromatic heterocycles.